The molecular formula is C32H45N3O9. The zero-order chi connectivity index (χ0) is 32.4. The van der Waals surface area contributed by atoms with Crippen molar-refractivity contribution < 1.29 is 43.7 Å². The molecule has 0 aliphatic heterocycles. The SMILES string of the molecule is CC(C)C(C[C@H](O)[C@@H](N)CC1CCCCC1)C(=O)NC(=O)[C@@]1(CCC(=O)O)C(=O)C[C@H](NC(=O)COc2ccccc2)C1=O. The molecule has 6 N–H and O–H groups in total. The third-order valence-electron chi connectivity index (χ3n) is 8.85. The smallest absolute Gasteiger partial charge is 0.303 e. The Hall–Kier alpha value is -3.64. The number of para-hydroxylation sites is 1. The third-order valence-corrected chi connectivity index (χ3v) is 8.85. The van der Waals surface area contributed by atoms with Gasteiger partial charge in [-0.2, -0.15) is 0 Å². The second-order valence-electron chi connectivity index (χ2n) is 12.4. The number of aliphatic hydroxyl groups is 1. The first-order chi connectivity index (χ1) is 20.8. The fourth-order valence-electron chi connectivity index (χ4n) is 6.21. The summed E-state index contributed by atoms with van der Waals surface area (Å²) in [5.74, 6) is -6.36. The Labute approximate surface area is 257 Å². The minimum atomic E-state index is -2.47. The topological polar surface area (TPSA) is 202 Å². The highest BCUT2D eigenvalue weighted by molar-refractivity contribution is 6.31. The zero-order valence-electron chi connectivity index (χ0n) is 25.5. The summed E-state index contributed by atoms with van der Waals surface area (Å²) in [7, 11) is 0. The Balaban J connectivity index is 1.69. The van der Waals surface area contributed by atoms with E-state index in [0.717, 1.165) is 25.7 Å². The molecule has 2 fully saturated rings. The Morgan fingerprint density at radius 1 is 1.07 bits per heavy atom. The van der Waals surface area contributed by atoms with Crippen molar-refractivity contribution in [3.63, 3.8) is 0 Å². The first kappa shape index (κ1) is 34.8. The number of Topliss-reactive ketones (excluding diaryl/α,β-unsaturated/α-hetero) is 2. The maximum Gasteiger partial charge on any atom is 0.303 e. The molecule has 0 radical (unpaired) electrons. The maximum atomic E-state index is 13.6. The first-order valence-electron chi connectivity index (χ1n) is 15.4. The quantitative estimate of drug-likeness (QED) is 0.181. The number of amides is 3. The van der Waals surface area contributed by atoms with E-state index in [9.17, 15) is 39.0 Å². The number of ketones is 2. The number of carboxylic acids is 1. The normalized spacial score (nSPS) is 22.7. The van der Waals surface area contributed by atoms with E-state index in [0.29, 0.717) is 18.1 Å². The summed E-state index contributed by atoms with van der Waals surface area (Å²) in [6, 6.07) is 6.48. The monoisotopic (exact) mass is 615 g/mol. The standard InChI is InChI=1S/C32H45N3O9/c1-19(2)22(16-25(36)23(33)15-20-9-5-3-6-10-20)30(42)35-31(43)32(14-13-28(39)40)26(37)17-24(29(32)41)34-27(38)18-44-21-11-7-4-8-12-21/h4,7-8,11-12,19-20,22-25,36H,3,5-6,9-10,13-18,33H2,1-2H3,(H,34,38)(H,39,40)(H,35,42,43)/t22?,23-,24-,25-,32-/m0/s1. The molecule has 5 atom stereocenters. The van der Waals surface area contributed by atoms with Gasteiger partial charge in [-0.15, -0.1) is 0 Å². The molecule has 0 spiro atoms. The van der Waals surface area contributed by atoms with Crippen LogP contribution < -0.4 is 21.1 Å². The molecule has 3 amide bonds. The number of benzene rings is 1. The molecule has 12 nitrogen and oxygen atoms in total. The Morgan fingerprint density at radius 3 is 2.34 bits per heavy atom. The number of aliphatic carboxylic acids is 1. The highest BCUT2D eigenvalue weighted by Crippen LogP contribution is 2.37. The van der Waals surface area contributed by atoms with E-state index in [1.165, 1.54) is 6.42 Å². The molecule has 1 aromatic rings. The molecule has 1 unspecified atom stereocenters. The van der Waals surface area contributed by atoms with E-state index in [-0.39, 0.29) is 12.3 Å². The number of carbonyl (C=O) groups is 6. The van der Waals surface area contributed by atoms with Crippen molar-refractivity contribution >= 4 is 35.3 Å². The van der Waals surface area contributed by atoms with Gasteiger partial charge < -0.3 is 26.0 Å². The average molecular weight is 616 g/mol. The highest BCUT2D eigenvalue weighted by Gasteiger charge is 2.60. The van der Waals surface area contributed by atoms with Crippen LogP contribution in [0.3, 0.4) is 0 Å². The van der Waals surface area contributed by atoms with Crippen LogP contribution >= 0.6 is 0 Å². The van der Waals surface area contributed by atoms with E-state index in [2.05, 4.69) is 10.6 Å². The lowest BCUT2D eigenvalue weighted by molar-refractivity contribution is -0.150. The van der Waals surface area contributed by atoms with Gasteiger partial charge in [0.2, 0.25) is 11.8 Å². The summed E-state index contributed by atoms with van der Waals surface area (Å²) < 4.78 is 5.37. The predicted octanol–water partition coefficient (Wildman–Crippen LogP) is 1.91. The number of hydrogen-bond donors (Lipinski definition) is 5. The van der Waals surface area contributed by atoms with Gasteiger partial charge in [0.1, 0.15) is 5.75 Å². The molecule has 12 heteroatoms. The molecule has 2 aliphatic rings. The van der Waals surface area contributed by atoms with Gasteiger partial charge in [-0.25, -0.2) is 0 Å². The zero-order valence-corrected chi connectivity index (χ0v) is 25.5. The molecule has 0 bridgehead atoms. The number of carboxylic acid groups (broad SMARTS) is 1. The highest BCUT2D eigenvalue weighted by atomic mass is 16.5. The number of aliphatic hydroxyl groups excluding tert-OH is 1. The van der Waals surface area contributed by atoms with Crippen molar-refractivity contribution in [1.29, 1.82) is 0 Å². The van der Waals surface area contributed by atoms with Crippen LogP contribution in [0.1, 0.15) is 78.1 Å². The van der Waals surface area contributed by atoms with Crippen LogP contribution in [0, 0.1) is 23.2 Å². The summed E-state index contributed by atoms with van der Waals surface area (Å²) in [5.41, 5.74) is 3.83. The van der Waals surface area contributed by atoms with Gasteiger partial charge >= 0.3 is 5.97 Å². The Morgan fingerprint density at radius 2 is 1.73 bits per heavy atom. The van der Waals surface area contributed by atoms with Crippen molar-refractivity contribution in [2.24, 2.45) is 28.9 Å². The first-order valence-corrected chi connectivity index (χ1v) is 15.4. The lowest BCUT2D eigenvalue weighted by Gasteiger charge is -2.30. The van der Waals surface area contributed by atoms with Crippen molar-refractivity contribution in [3.8, 4) is 5.75 Å². The molecule has 0 heterocycles. The number of nitrogens with two attached hydrogens (primary N) is 1. The number of rotatable bonds is 15. The second kappa shape index (κ2) is 15.9. The summed E-state index contributed by atoms with van der Waals surface area (Å²) in [5, 5.41) is 24.7. The maximum absolute atomic E-state index is 13.6. The molecule has 3 rings (SSSR count). The van der Waals surface area contributed by atoms with Crippen molar-refractivity contribution in [2.45, 2.75) is 96.2 Å². The van der Waals surface area contributed by atoms with Crippen LogP contribution in [-0.4, -0.2) is 70.3 Å². The molecule has 242 valence electrons. The van der Waals surface area contributed by atoms with E-state index in [4.69, 9.17) is 10.5 Å². The minimum Gasteiger partial charge on any atom is -0.484 e. The minimum absolute atomic E-state index is 0.0330. The van der Waals surface area contributed by atoms with Gasteiger partial charge in [-0.1, -0.05) is 64.2 Å². The van der Waals surface area contributed by atoms with Crippen LogP contribution in [0.15, 0.2) is 30.3 Å². The van der Waals surface area contributed by atoms with E-state index < -0.39 is 90.6 Å². The molecule has 1 aromatic carbocycles. The summed E-state index contributed by atoms with van der Waals surface area (Å²) in [6.45, 7) is 3.02. The lowest BCUT2D eigenvalue weighted by atomic mass is 9.77. The van der Waals surface area contributed by atoms with Gasteiger partial charge in [0.25, 0.3) is 5.91 Å². The van der Waals surface area contributed by atoms with Crippen LogP contribution in [0.2, 0.25) is 0 Å². The number of ether oxygens (including phenoxy) is 1. The predicted molar refractivity (Wildman–Crippen MR) is 159 cm³/mol. The fraction of sp³-hybridized carbons (Fsp3) is 0.625. The largest absolute Gasteiger partial charge is 0.484 e. The summed E-state index contributed by atoms with van der Waals surface area (Å²) >= 11 is 0. The van der Waals surface area contributed by atoms with Crippen LogP contribution in [0.5, 0.6) is 5.75 Å². The molecule has 2 aliphatic carbocycles. The fourth-order valence-corrected chi connectivity index (χ4v) is 6.21. The average Bonchev–Trinajstić information content (AvgIpc) is 3.22. The number of carbonyl (C=O) groups excluding carboxylic acids is 5. The Kier molecular flexibility index (Phi) is 12.6. The number of imide groups is 1. The third kappa shape index (κ3) is 8.95. The number of hydrogen-bond acceptors (Lipinski definition) is 9. The Bertz CT molecular complexity index is 1200. The van der Waals surface area contributed by atoms with Crippen molar-refractivity contribution in [1.82, 2.24) is 10.6 Å². The van der Waals surface area contributed by atoms with E-state index >= 15 is 0 Å². The molecular weight excluding hydrogens is 570 g/mol. The van der Waals surface area contributed by atoms with Crippen LogP contribution in [-0.2, 0) is 28.8 Å². The van der Waals surface area contributed by atoms with Gasteiger partial charge in [0, 0.05) is 24.8 Å². The molecule has 2 saturated carbocycles. The van der Waals surface area contributed by atoms with Gasteiger partial charge in [0.15, 0.2) is 23.6 Å². The van der Waals surface area contributed by atoms with E-state index in [1.54, 1.807) is 44.2 Å². The molecule has 0 saturated heterocycles. The summed E-state index contributed by atoms with van der Waals surface area (Å²) in [6.07, 6.45) is 3.19. The lowest BCUT2D eigenvalue weighted by Crippen LogP contribution is -2.54. The van der Waals surface area contributed by atoms with Crippen molar-refractivity contribution in [3.05, 3.63) is 30.3 Å². The molecule has 44 heavy (non-hydrogen) atoms. The van der Waals surface area contributed by atoms with E-state index in [1.807, 2.05) is 0 Å². The number of nitrogens with one attached hydrogen (secondary N) is 2. The van der Waals surface area contributed by atoms with Gasteiger partial charge in [-0.3, -0.25) is 34.1 Å². The molecule has 0 aromatic heterocycles. The van der Waals surface area contributed by atoms with Crippen molar-refractivity contribution in [2.75, 3.05) is 6.61 Å². The van der Waals surface area contributed by atoms with Crippen LogP contribution in [0.25, 0.3) is 0 Å². The van der Waals surface area contributed by atoms with Gasteiger partial charge in [0.05, 0.1) is 12.1 Å². The van der Waals surface area contributed by atoms with Gasteiger partial charge in [-0.05, 0) is 43.2 Å². The second-order valence-corrected chi connectivity index (χ2v) is 12.4. The summed E-state index contributed by atoms with van der Waals surface area (Å²) in [4.78, 5) is 77.7. The van der Waals surface area contributed by atoms with Crippen LogP contribution in [0.4, 0.5) is 0 Å².